The molecule has 0 spiro atoms. The number of hydrogen-bond donors (Lipinski definition) is 2. The van der Waals surface area contributed by atoms with Crippen LogP contribution in [0.5, 0.6) is 0 Å². The predicted octanol–water partition coefficient (Wildman–Crippen LogP) is 3.63. The minimum Gasteiger partial charge on any atom is -0.378 e. The number of benzene rings is 1. The number of sulfone groups is 1. The summed E-state index contributed by atoms with van der Waals surface area (Å²) in [6.45, 7) is 4.60. The van der Waals surface area contributed by atoms with Crippen LogP contribution in [0.4, 0.5) is 27.7 Å². The standard InChI is InChI=1S/C29H38FN7O3S/c1-18-19(17-41(3,38)39)15-37(18)25-7-6-20(24-5-4-10-31-24)21-13-28(33-14-22(21)25)34-27-8-11-32-29(35-27)36-12-9-26(40-2)23(30)16-36/h6-8,11,13-14,18-19,23-24,26,31H,4-5,9-10,12,15-17H2,1-3H3,(H,32,33,34,35)/t18-,19-,23+,24?,26-/m1/s1. The van der Waals surface area contributed by atoms with Crippen molar-refractivity contribution in [2.45, 2.75) is 50.5 Å². The van der Waals surface area contributed by atoms with Crippen LogP contribution in [0.2, 0.25) is 0 Å². The predicted molar refractivity (Wildman–Crippen MR) is 160 cm³/mol. The number of alkyl halides is 1. The van der Waals surface area contributed by atoms with Crippen LogP contribution in [0.1, 0.15) is 37.8 Å². The summed E-state index contributed by atoms with van der Waals surface area (Å²) in [7, 11) is -1.49. The normalized spacial score (nSPS) is 26.8. The molecule has 3 saturated heterocycles. The van der Waals surface area contributed by atoms with Crippen molar-refractivity contribution in [1.82, 2.24) is 20.3 Å². The number of nitrogens with zero attached hydrogens (tertiary/aromatic N) is 5. The molecule has 5 atom stereocenters. The zero-order chi connectivity index (χ0) is 28.7. The topological polar surface area (TPSA) is 113 Å². The number of nitrogens with one attached hydrogen (secondary N) is 2. The molecule has 2 N–H and O–H groups in total. The molecular formula is C29H38FN7O3S. The van der Waals surface area contributed by atoms with Gasteiger partial charge >= 0.3 is 0 Å². The highest BCUT2D eigenvalue weighted by Crippen LogP contribution is 2.40. The minimum atomic E-state index is -3.03. The molecule has 3 fully saturated rings. The fourth-order valence-electron chi connectivity index (χ4n) is 6.44. The van der Waals surface area contributed by atoms with Crippen molar-refractivity contribution < 1.29 is 17.5 Å². The Balaban J connectivity index is 1.28. The quantitative estimate of drug-likeness (QED) is 0.408. The number of rotatable bonds is 8. The first kappa shape index (κ1) is 28.0. The van der Waals surface area contributed by atoms with E-state index in [-0.39, 0.29) is 30.3 Å². The van der Waals surface area contributed by atoms with Crippen LogP contribution in [0, 0.1) is 5.92 Å². The maximum Gasteiger partial charge on any atom is 0.227 e. The molecule has 41 heavy (non-hydrogen) atoms. The van der Waals surface area contributed by atoms with Crippen molar-refractivity contribution >= 4 is 43.9 Å². The van der Waals surface area contributed by atoms with Gasteiger partial charge in [-0.15, -0.1) is 0 Å². The first-order valence-electron chi connectivity index (χ1n) is 14.3. The van der Waals surface area contributed by atoms with Crippen LogP contribution >= 0.6 is 0 Å². The summed E-state index contributed by atoms with van der Waals surface area (Å²) in [6.07, 6.45) is 6.17. The Hall–Kier alpha value is -3.09. The van der Waals surface area contributed by atoms with E-state index in [1.165, 1.54) is 11.8 Å². The van der Waals surface area contributed by atoms with Gasteiger partial charge in [0.15, 0.2) is 0 Å². The summed E-state index contributed by atoms with van der Waals surface area (Å²) in [5.41, 5.74) is 2.30. The molecule has 220 valence electrons. The molecule has 3 aliphatic heterocycles. The molecule has 6 rings (SSSR count). The Morgan fingerprint density at radius 3 is 2.71 bits per heavy atom. The van der Waals surface area contributed by atoms with Gasteiger partial charge in [-0.05, 0) is 61.9 Å². The Bertz CT molecular complexity index is 1520. The smallest absolute Gasteiger partial charge is 0.227 e. The number of ether oxygens (including phenoxy) is 1. The molecule has 3 aliphatic rings. The average molecular weight is 584 g/mol. The van der Waals surface area contributed by atoms with Crippen molar-refractivity contribution in [1.29, 1.82) is 0 Å². The molecule has 10 nitrogen and oxygen atoms in total. The Kier molecular flexibility index (Phi) is 7.73. The molecule has 0 amide bonds. The lowest BCUT2D eigenvalue weighted by molar-refractivity contribution is 0.0194. The lowest BCUT2D eigenvalue weighted by Gasteiger charge is -2.48. The van der Waals surface area contributed by atoms with E-state index in [4.69, 9.17) is 9.72 Å². The van der Waals surface area contributed by atoms with Crippen molar-refractivity contribution in [3.63, 3.8) is 0 Å². The summed E-state index contributed by atoms with van der Waals surface area (Å²) >= 11 is 0. The molecule has 5 heterocycles. The third kappa shape index (κ3) is 5.82. The Morgan fingerprint density at radius 1 is 1.15 bits per heavy atom. The molecule has 2 aromatic heterocycles. The maximum atomic E-state index is 14.5. The van der Waals surface area contributed by atoms with E-state index in [0.29, 0.717) is 37.1 Å². The molecule has 0 bridgehead atoms. The molecule has 1 unspecified atom stereocenters. The number of fused-ring (bicyclic) bond motifs is 1. The molecule has 0 radical (unpaired) electrons. The number of piperidine rings is 1. The van der Waals surface area contributed by atoms with Crippen molar-refractivity contribution in [2.24, 2.45) is 5.92 Å². The lowest BCUT2D eigenvalue weighted by Crippen LogP contribution is -2.57. The van der Waals surface area contributed by atoms with E-state index in [9.17, 15) is 12.8 Å². The zero-order valence-electron chi connectivity index (χ0n) is 23.8. The Labute approximate surface area is 240 Å². The van der Waals surface area contributed by atoms with E-state index in [1.807, 2.05) is 11.1 Å². The number of anilines is 4. The highest BCUT2D eigenvalue weighted by atomic mass is 32.2. The summed E-state index contributed by atoms with van der Waals surface area (Å²) < 4.78 is 43.5. The first-order valence-corrected chi connectivity index (χ1v) is 16.4. The second-order valence-electron chi connectivity index (χ2n) is 11.6. The summed E-state index contributed by atoms with van der Waals surface area (Å²) in [4.78, 5) is 17.9. The van der Waals surface area contributed by atoms with Crippen LogP contribution < -0.4 is 20.4 Å². The van der Waals surface area contributed by atoms with Gasteiger partial charge in [0.05, 0.1) is 18.4 Å². The van der Waals surface area contributed by atoms with Gasteiger partial charge in [0, 0.05) is 67.9 Å². The van der Waals surface area contributed by atoms with Crippen LogP contribution in [-0.4, -0.2) is 87.0 Å². The summed E-state index contributed by atoms with van der Waals surface area (Å²) in [5, 5.41) is 9.11. The van der Waals surface area contributed by atoms with E-state index in [0.717, 1.165) is 35.8 Å². The second kappa shape index (κ2) is 11.3. The van der Waals surface area contributed by atoms with Crippen LogP contribution in [-0.2, 0) is 14.6 Å². The number of pyridine rings is 1. The summed E-state index contributed by atoms with van der Waals surface area (Å²) in [6, 6.07) is 8.59. The first-order chi connectivity index (χ1) is 19.7. The van der Waals surface area contributed by atoms with Crippen molar-refractivity contribution in [3.05, 3.63) is 42.2 Å². The summed E-state index contributed by atoms with van der Waals surface area (Å²) in [5.74, 6) is 2.04. The number of methoxy groups -OCH3 is 1. The van der Waals surface area contributed by atoms with Gasteiger partial charge in [0.1, 0.15) is 27.6 Å². The fraction of sp³-hybridized carbons (Fsp3) is 0.552. The van der Waals surface area contributed by atoms with E-state index < -0.39 is 22.1 Å². The van der Waals surface area contributed by atoms with Gasteiger partial charge in [-0.25, -0.2) is 22.8 Å². The van der Waals surface area contributed by atoms with E-state index >= 15 is 0 Å². The number of hydrogen-bond acceptors (Lipinski definition) is 10. The van der Waals surface area contributed by atoms with Gasteiger partial charge in [0.2, 0.25) is 5.95 Å². The van der Waals surface area contributed by atoms with Gasteiger partial charge in [-0.3, -0.25) is 0 Å². The second-order valence-corrected chi connectivity index (χ2v) is 13.8. The van der Waals surface area contributed by atoms with Crippen molar-refractivity contribution in [2.75, 3.05) is 60.4 Å². The zero-order valence-corrected chi connectivity index (χ0v) is 24.6. The van der Waals surface area contributed by atoms with Crippen LogP contribution in [0.15, 0.2) is 36.7 Å². The van der Waals surface area contributed by atoms with Gasteiger partial charge in [-0.1, -0.05) is 6.07 Å². The lowest BCUT2D eigenvalue weighted by atomic mass is 9.89. The maximum absolute atomic E-state index is 14.5. The average Bonchev–Trinajstić information content (AvgIpc) is 3.49. The fourth-order valence-corrected chi connectivity index (χ4v) is 7.60. The minimum absolute atomic E-state index is 0.116. The molecule has 3 aromatic rings. The third-order valence-electron chi connectivity index (χ3n) is 8.75. The van der Waals surface area contributed by atoms with Crippen LogP contribution in [0.25, 0.3) is 10.8 Å². The number of halogens is 1. The Morgan fingerprint density at radius 2 is 2.00 bits per heavy atom. The molecule has 0 aliphatic carbocycles. The molecule has 1 aromatic carbocycles. The number of aromatic nitrogens is 3. The SMILES string of the molecule is CO[C@@H]1CCN(c2nccc(Nc3cc4c(C5CCCN5)ccc(N5C[C@H](CS(C)(=O)=O)[C@H]5C)c4cn3)n2)C[C@@H]1F. The highest BCUT2D eigenvalue weighted by molar-refractivity contribution is 7.90. The van der Waals surface area contributed by atoms with Gasteiger partial charge in [0.25, 0.3) is 0 Å². The van der Waals surface area contributed by atoms with Crippen molar-refractivity contribution in [3.8, 4) is 0 Å². The molecule has 0 saturated carbocycles. The van der Waals surface area contributed by atoms with Gasteiger partial charge < -0.3 is 25.2 Å². The molecular weight excluding hydrogens is 545 g/mol. The van der Waals surface area contributed by atoms with E-state index in [1.54, 1.807) is 19.4 Å². The molecule has 12 heteroatoms. The van der Waals surface area contributed by atoms with Gasteiger partial charge in [-0.2, -0.15) is 4.98 Å². The van der Waals surface area contributed by atoms with E-state index in [2.05, 4.69) is 50.6 Å². The highest BCUT2D eigenvalue weighted by Gasteiger charge is 2.38. The third-order valence-corrected chi connectivity index (χ3v) is 9.78. The monoisotopic (exact) mass is 583 g/mol. The van der Waals surface area contributed by atoms with Crippen LogP contribution in [0.3, 0.4) is 0 Å². The largest absolute Gasteiger partial charge is 0.378 e.